The molecule has 0 bridgehead atoms. The first-order chi connectivity index (χ1) is 10.1. The molecule has 0 aliphatic heterocycles. The number of nitrogens with two attached hydrogens (primary N) is 1. The number of amides is 1. The molecule has 5 nitrogen and oxygen atoms in total. The Bertz CT molecular complexity index is 490. The summed E-state index contributed by atoms with van der Waals surface area (Å²) in [5.41, 5.74) is 6.59. The van der Waals surface area contributed by atoms with Gasteiger partial charge in [-0.15, -0.1) is 0 Å². The summed E-state index contributed by atoms with van der Waals surface area (Å²) >= 11 is 0. The summed E-state index contributed by atoms with van der Waals surface area (Å²) in [6, 6.07) is 9.06. The highest BCUT2D eigenvalue weighted by Gasteiger charge is 2.33. The zero-order chi connectivity index (χ0) is 15.2. The zero-order valence-corrected chi connectivity index (χ0v) is 12.0. The highest BCUT2D eigenvalue weighted by Crippen LogP contribution is 2.25. The third kappa shape index (κ3) is 3.82. The molecule has 114 valence electrons. The third-order valence-electron chi connectivity index (χ3n) is 4.16. The lowest BCUT2D eigenvalue weighted by Gasteiger charge is -2.30. The van der Waals surface area contributed by atoms with Crippen LogP contribution in [-0.4, -0.2) is 29.6 Å². The summed E-state index contributed by atoms with van der Waals surface area (Å²) in [6.07, 6.45) is 3.20. The summed E-state index contributed by atoms with van der Waals surface area (Å²) in [7, 11) is 0. The van der Waals surface area contributed by atoms with Gasteiger partial charge in [-0.1, -0.05) is 43.2 Å². The van der Waals surface area contributed by atoms with Crippen molar-refractivity contribution in [1.29, 1.82) is 0 Å². The molecule has 0 radical (unpaired) electrons. The molecule has 0 heterocycles. The fourth-order valence-electron chi connectivity index (χ4n) is 2.96. The molecular weight excluding hydrogens is 268 g/mol. The van der Waals surface area contributed by atoms with Crippen LogP contribution in [0.4, 0.5) is 0 Å². The molecule has 0 aromatic heterocycles. The van der Waals surface area contributed by atoms with Crippen molar-refractivity contribution in [2.24, 2.45) is 11.7 Å². The SMILES string of the molecule is NCC(C(=O)NC1CCCCC1C(=O)O)c1ccccc1. The molecule has 3 atom stereocenters. The number of carboxylic acid groups (broad SMARTS) is 1. The van der Waals surface area contributed by atoms with Crippen LogP contribution in [0.15, 0.2) is 30.3 Å². The average molecular weight is 290 g/mol. The lowest BCUT2D eigenvalue weighted by Crippen LogP contribution is -2.47. The van der Waals surface area contributed by atoms with Gasteiger partial charge >= 0.3 is 5.97 Å². The highest BCUT2D eigenvalue weighted by atomic mass is 16.4. The normalized spacial score (nSPS) is 23.3. The first-order valence-corrected chi connectivity index (χ1v) is 7.41. The van der Waals surface area contributed by atoms with Gasteiger partial charge in [-0.3, -0.25) is 9.59 Å². The van der Waals surface area contributed by atoms with E-state index in [1.807, 2.05) is 30.3 Å². The average Bonchev–Trinajstić information content (AvgIpc) is 2.49. The second-order valence-electron chi connectivity index (χ2n) is 5.54. The van der Waals surface area contributed by atoms with Crippen LogP contribution in [0.5, 0.6) is 0 Å². The largest absolute Gasteiger partial charge is 0.481 e. The van der Waals surface area contributed by atoms with Crippen LogP contribution < -0.4 is 11.1 Å². The highest BCUT2D eigenvalue weighted by molar-refractivity contribution is 5.85. The predicted molar refractivity (Wildman–Crippen MR) is 79.8 cm³/mol. The Morgan fingerprint density at radius 1 is 1.24 bits per heavy atom. The van der Waals surface area contributed by atoms with Gasteiger partial charge in [-0.2, -0.15) is 0 Å². The molecule has 21 heavy (non-hydrogen) atoms. The minimum Gasteiger partial charge on any atom is -0.481 e. The number of hydrogen-bond donors (Lipinski definition) is 3. The Morgan fingerprint density at radius 2 is 1.90 bits per heavy atom. The van der Waals surface area contributed by atoms with Gasteiger partial charge in [-0.05, 0) is 18.4 Å². The molecule has 3 unspecified atom stereocenters. The van der Waals surface area contributed by atoms with E-state index in [1.54, 1.807) is 0 Å². The summed E-state index contributed by atoms with van der Waals surface area (Å²) in [5, 5.41) is 12.2. The van der Waals surface area contributed by atoms with E-state index in [0.29, 0.717) is 6.42 Å². The summed E-state index contributed by atoms with van der Waals surface area (Å²) in [4.78, 5) is 23.7. The molecule has 1 saturated carbocycles. The van der Waals surface area contributed by atoms with E-state index in [-0.39, 0.29) is 18.5 Å². The number of nitrogens with one attached hydrogen (secondary N) is 1. The third-order valence-corrected chi connectivity index (χ3v) is 4.16. The Morgan fingerprint density at radius 3 is 2.52 bits per heavy atom. The number of hydrogen-bond acceptors (Lipinski definition) is 3. The number of carbonyl (C=O) groups is 2. The van der Waals surface area contributed by atoms with Crippen molar-refractivity contribution < 1.29 is 14.7 Å². The number of benzene rings is 1. The molecule has 0 saturated heterocycles. The van der Waals surface area contributed by atoms with Gasteiger partial charge in [0.1, 0.15) is 0 Å². The van der Waals surface area contributed by atoms with Crippen molar-refractivity contribution >= 4 is 11.9 Å². The van der Waals surface area contributed by atoms with E-state index in [9.17, 15) is 14.7 Å². The minimum atomic E-state index is -0.830. The van der Waals surface area contributed by atoms with E-state index in [0.717, 1.165) is 24.8 Å². The number of aliphatic carboxylic acids is 1. The molecule has 2 rings (SSSR count). The van der Waals surface area contributed by atoms with Crippen molar-refractivity contribution in [2.75, 3.05) is 6.54 Å². The monoisotopic (exact) mass is 290 g/mol. The Labute approximate surface area is 124 Å². The molecule has 4 N–H and O–H groups in total. The maximum absolute atomic E-state index is 12.4. The quantitative estimate of drug-likeness (QED) is 0.766. The minimum absolute atomic E-state index is 0.179. The summed E-state index contributed by atoms with van der Waals surface area (Å²) in [6.45, 7) is 0.209. The van der Waals surface area contributed by atoms with Crippen LogP contribution in [-0.2, 0) is 9.59 Å². The van der Waals surface area contributed by atoms with E-state index >= 15 is 0 Å². The van der Waals surface area contributed by atoms with Gasteiger partial charge in [0.25, 0.3) is 0 Å². The Kier molecular flexibility index (Phi) is 5.33. The maximum Gasteiger partial charge on any atom is 0.308 e. The van der Waals surface area contributed by atoms with Crippen molar-refractivity contribution in [1.82, 2.24) is 5.32 Å². The molecule has 1 aliphatic carbocycles. The zero-order valence-electron chi connectivity index (χ0n) is 12.0. The Hall–Kier alpha value is -1.88. The number of rotatable bonds is 5. The molecule has 1 amide bonds. The smallest absolute Gasteiger partial charge is 0.308 e. The standard InChI is InChI=1S/C16H22N2O3/c17-10-13(11-6-2-1-3-7-11)15(19)18-14-9-5-4-8-12(14)16(20)21/h1-3,6-7,12-14H,4-5,8-10,17H2,(H,18,19)(H,20,21). The van der Waals surface area contributed by atoms with Crippen LogP contribution in [0.3, 0.4) is 0 Å². The van der Waals surface area contributed by atoms with Crippen LogP contribution in [0.1, 0.15) is 37.2 Å². The second-order valence-corrected chi connectivity index (χ2v) is 5.54. The van der Waals surface area contributed by atoms with Crippen molar-refractivity contribution in [3.63, 3.8) is 0 Å². The maximum atomic E-state index is 12.4. The lowest BCUT2D eigenvalue weighted by atomic mass is 9.84. The molecule has 5 heteroatoms. The number of carbonyl (C=O) groups excluding carboxylic acids is 1. The first kappa shape index (κ1) is 15.5. The van der Waals surface area contributed by atoms with Gasteiger partial charge in [-0.25, -0.2) is 0 Å². The Balaban J connectivity index is 2.06. The van der Waals surface area contributed by atoms with Crippen LogP contribution in [0.25, 0.3) is 0 Å². The fraction of sp³-hybridized carbons (Fsp3) is 0.500. The van der Waals surface area contributed by atoms with Crippen LogP contribution in [0.2, 0.25) is 0 Å². The molecule has 1 aromatic rings. The van der Waals surface area contributed by atoms with Gasteiger partial charge in [0, 0.05) is 12.6 Å². The van der Waals surface area contributed by atoms with Gasteiger partial charge in [0.05, 0.1) is 11.8 Å². The molecule has 1 fully saturated rings. The second kappa shape index (κ2) is 7.22. The van der Waals surface area contributed by atoms with Crippen LogP contribution >= 0.6 is 0 Å². The van der Waals surface area contributed by atoms with E-state index in [1.165, 1.54) is 0 Å². The van der Waals surface area contributed by atoms with Crippen molar-refractivity contribution in [3.05, 3.63) is 35.9 Å². The van der Waals surface area contributed by atoms with E-state index in [4.69, 9.17) is 5.73 Å². The first-order valence-electron chi connectivity index (χ1n) is 7.41. The van der Waals surface area contributed by atoms with Gasteiger partial charge < -0.3 is 16.2 Å². The predicted octanol–water partition coefficient (Wildman–Crippen LogP) is 1.49. The number of carboxylic acids is 1. The van der Waals surface area contributed by atoms with Crippen LogP contribution in [0, 0.1) is 5.92 Å². The van der Waals surface area contributed by atoms with Gasteiger partial charge in [0.15, 0.2) is 0 Å². The molecular formula is C16H22N2O3. The fourth-order valence-corrected chi connectivity index (χ4v) is 2.96. The lowest BCUT2D eigenvalue weighted by molar-refractivity contribution is -0.144. The summed E-state index contributed by atoms with van der Waals surface area (Å²) in [5.74, 6) is -1.93. The summed E-state index contributed by atoms with van der Waals surface area (Å²) < 4.78 is 0. The van der Waals surface area contributed by atoms with Crippen molar-refractivity contribution in [2.45, 2.75) is 37.6 Å². The van der Waals surface area contributed by atoms with E-state index < -0.39 is 17.8 Å². The molecule has 0 spiro atoms. The van der Waals surface area contributed by atoms with Crippen molar-refractivity contribution in [3.8, 4) is 0 Å². The van der Waals surface area contributed by atoms with E-state index in [2.05, 4.69) is 5.32 Å². The molecule has 1 aromatic carbocycles. The molecule has 1 aliphatic rings. The van der Waals surface area contributed by atoms with Gasteiger partial charge in [0.2, 0.25) is 5.91 Å². The topological polar surface area (TPSA) is 92.4 Å².